The van der Waals surface area contributed by atoms with E-state index in [1.54, 1.807) is 4.90 Å². The van der Waals surface area contributed by atoms with Crippen LogP contribution in [0.15, 0.2) is 36.5 Å². The number of pyridine rings is 1. The van der Waals surface area contributed by atoms with Crippen LogP contribution in [0.25, 0.3) is 10.9 Å². The molecular weight excluding hydrogens is 617 g/mol. The van der Waals surface area contributed by atoms with Gasteiger partial charge < -0.3 is 24.0 Å². The molecule has 2 amide bonds. The van der Waals surface area contributed by atoms with E-state index < -0.39 is 11.4 Å². The number of nitrogens with zero attached hydrogens (tertiary/aromatic N) is 7. The molecule has 12 nitrogen and oxygen atoms in total. The first-order valence-corrected chi connectivity index (χ1v) is 16.0. The molecule has 3 saturated heterocycles. The standard InChI is InChI=1S/C32H39ClFN7O5/c1-32(2,3)46-31(43)41-22-9-10-23(41)19-40(18-22)28-24-17-35-27(33)25(34)26(24)36-29(37-28)44-16-15-38-11-13-39(14-12-38)30(42)45-20-21-7-5-4-6-8-21/h4-8,17,22-23H,9-16,18-20H2,1-3H3. The number of carbonyl (C=O) groups excluding carboxylic acids is 2. The van der Waals surface area contributed by atoms with Crippen molar-refractivity contribution in [3.8, 4) is 6.01 Å². The number of amides is 2. The Bertz CT molecular complexity index is 1550. The van der Waals surface area contributed by atoms with Crippen molar-refractivity contribution in [1.82, 2.24) is 29.7 Å². The van der Waals surface area contributed by atoms with E-state index in [1.807, 2.05) is 60.9 Å². The monoisotopic (exact) mass is 655 g/mol. The Morgan fingerprint density at radius 1 is 1.00 bits per heavy atom. The van der Waals surface area contributed by atoms with Crippen LogP contribution in [0.3, 0.4) is 0 Å². The van der Waals surface area contributed by atoms with E-state index in [0.29, 0.717) is 57.0 Å². The SMILES string of the molecule is CC(C)(C)OC(=O)N1C2CCC1CN(c1nc(OCCN3CCN(C(=O)OCc4ccccc4)CC3)nc3c(F)c(Cl)ncc13)C2. The van der Waals surface area contributed by atoms with Gasteiger partial charge in [-0.15, -0.1) is 0 Å². The predicted octanol–water partition coefficient (Wildman–Crippen LogP) is 4.74. The second-order valence-corrected chi connectivity index (χ2v) is 13.2. The molecule has 0 radical (unpaired) electrons. The Morgan fingerprint density at radius 3 is 2.37 bits per heavy atom. The number of hydrogen-bond donors (Lipinski definition) is 0. The lowest BCUT2D eigenvalue weighted by atomic mass is 10.1. The van der Waals surface area contributed by atoms with Crippen molar-refractivity contribution in [2.75, 3.05) is 57.3 Å². The minimum absolute atomic E-state index is 0.0320. The molecule has 2 unspecified atom stereocenters. The van der Waals surface area contributed by atoms with Crippen molar-refractivity contribution in [3.63, 3.8) is 0 Å². The van der Waals surface area contributed by atoms with Crippen LogP contribution in [0.1, 0.15) is 39.2 Å². The van der Waals surface area contributed by atoms with Crippen molar-refractivity contribution >= 4 is 40.5 Å². The highest BCUT2D eigenvalue weighted by atomic mass is 35.5. The van der Waals surface area contributed by atoms with Crippen molar-refractivity contribution in [2.45, 2.75) is 57.9 Å². The summed E-state index contributed by atoms with van der Waals surface area (Å²) in [6.07, 6.45) is 2.51. The Kier molecular flexibility index (Phi) is 9.32. The topological polar surface area (TPSA) is 113 Å². The van der Waals surface area contributed by atoms with Gasteiger partial charge in [0.2, 0.25) is 0 Å². The van der Waals surface area contributed by atoms with Gasteiger partial charge in [-0.25, -0.2) is 19.0 Å². The van der Waals surface area contributed by atoms with E-state index >= 15 is 4.39 Å². The summed E-state index contributed by atoms with van der Waals surface area (Å²) in [5.74, 6) is -0.246. The van der Waals surface area contributed by atoms with Crippen molar-refractivity contribution in [1.29, 1.82) is 0 Å². The molecule has 0 aliphatic carbocycles. The van der Waals surface area contributed by atoms with E-state index in [1.165, 1.54) is 6.20 Å². The average molecular weight is 656 g/mol. The molecule has 2 bridgehead atoms. The minimum atomic E-state index is -0.738. The number of hydrogen-bond acceptors (Lipinski definition) is 10. The zero-order valence-electron chi connectivity index (χ0n) is 26.3. The smallest absolute Gasteiger partial charge is 0.410 e. The summed E-state index contributed by atoms with van der Waals surface area (Å²) < 4.78 is 32.3. The van der Waals surface area contributed by atoms with Gasteiger partial charge in [0, 0.05) is 52.0 Å². The Hall–Kier alpha value is -3.97. The summed E-state index contributed by atoms with van der Waals surface area (Å²) in [4.78, 5) is 46.3. The molecule has 0 saturated carbocycles. The molecule has 0 N–H and O–H groups in total. The molecule has 3 aliphatic rings. The third kappa shape index (κ3) is 7.20. The quantitative estimate of drug-likeness (QED) is 0.331. The number of ether oxygens (including phenoxy) is 3. The van der Waals surface area contributed by atoms with Crippen LogP contribution >= 0.6 is 11.6 Å². The molecule has 3 aliphatic heterocycles. The summed E-state index contributed by atoms with van der Waals surface area (Å²) in [6.45, 7) is 10.1. The number of carbonyl (C=O) groups is 2. The van der Waals surface area contributed by atoms with Crippen molar-refractivity contribution < 1.29 is 28.2 Å². The van der Waals surface area contributed by atoms with Crippen LogP contribution in [0.2, 0.25) is 5.15 Å². The van der Waals surface area contributed by atoms with Crippen LogP contribution in [0.5, 0.6) is 6.01 Å². The molecule has 3 aromatic rings. The molecule has 2 atom stereocenters. The molecule has 6 rings (SSSR count). The second-order valence-electron chi connectivity index (χ2n) is 12.8. The first-order chi connectivity index (χ1) is 22.1. The minimum Gasteiger partial charge on any atom is -0.462 e. The van der Waals surface area contributed by atoms with Gasteiger partial charge in [-0.1, -0.05) is 41.9 Å². The molecule has 14 heteroatoms. The van der Waals surface area contributed by atoms with Crippen molar-refractivity contribution in [3.05, 3.63) is 53.1 Å². The van der Waals surface area contributed by atoms with E-state index in [9.17, 15) is 9.59 Å². The Labute approximate surface area is 272 Å². The summed E-state index contributed by atoms with van der Waals surface area (Å²) in [5, 5.41) is 0.146. The average Bonchev–Trinajstić information content (AvgIpc) is 3.31. The summed E-state index contributed by atoms with van der Waals surface area (Å²) in [7, 11) is 0. The third-order valence-corrected chi connectivity index (χ3v) is 8.72. The zero-order chi connectivity index (χ0) is 32.4. The van der Waals surface area contributed by atoms with E-state index in [4.69, 9.17) is 30.8 Å². The van der Waals surface area contributed by atoms with Crippen LogP contribution < -0.4 is 9.64 Å². The molecule has 246 valence electrons. The maximum atomic E-state index is 15.2. The highest BCUT2D eigenvalue weighted by Crippen LogP contribution is 2.37. The number of fused-ring (bicyclic) bond motifs is 3. The Morgan fingerprint density at radius 2 is 1.70 bits per heavy atom. The van der Waals surface area contributed by atoms with Gasteiger partial charge in [0.05, 0.1) is 17.5 Å². The fourth-order valence-corrected chi connectivity index (χ4v) is 6.36. The number of halogens is 2. The molecule has 3 fully saturated rings. The predicted molar refractivity (Wildman–Crippen MR) is 170 cm³/mol. The van der Waals surface area contributed by atoms with Gasteiger partial charge in [0.15, 0.2) is 11.0 Å². The maximum Gasteiger partial charge on any atom is 0.410 e. The molecular formula is C32H39ClFN7O5. The summed E-state index contributed by atoms with van der Waals surface area (Å²) in [5.41, 5.74) is 0.386. The highest BCUT2D eigenvalue weighted by molar-refractivity contribution is 6.30. The number of piperazine rings is 2. The van der Waals surface area contributed by atoms with Crippen LogP contribution in [0, 0.1) is 5.82 Å². The normalized spacial score (nSPS) is 20.2. The van der Waals surface area contributed by atoms with Crippen molar-refractivity contribution in [2.24, 2.45) is 0 Å². The van der Waals surface area contributed by atoms with Gasteiger partial charge in [-0.05, 0) is 39.2 Å². The molecule has 2 aromatic heterocycles. The molecule has 46 heavy (non-hydrogen) atoms. The van der Waals surface area contributed by atoms with Crippen LogP contribution in [-0.4, -0.2) is 112 Å². The number of aromatic nitrogens is 3. The zero-order valence-corrected chi connectivity index (χ0v) is 27.1. The largest absolute Gasteiger partial charge is 0.462 e. The van der Waals surface area contributed by atoms with Gasteiger partial charge in [-0.2, -0.15) is 9.97 Å². The fourth-order valence-electron chi connectivity index (χ4n) is 6.22. The second kappa shape index (κ2) is 13.4. The first-order valence-electron chi connectivity index (χ1n) is 15.6. The number of rotatable bonds is 7. The van der Waals surface area contributed by atoms with Gasteiger partial charge in [0.1, 0.15) is 30.1 Å². The van der Waals surface area contributed by atoms with Gasteiger partial charge in [-0.3, -0.25) is 9.80 Å². The van der Waals surface area contributed by atoms with Crippen LogP contribution in [-0.2, 0) is 16.1 Å². The lowest BCUT2D eigenvalue weighted by Gasteiger charge is -2.42. The van der Waals surface area contributed by atoms with E-state index in [2.05, 4.69) is 14.9 Å². The van der Waals surface area contributed by atoms with Gasteiger partial charge >= 0.3 is 18.2 Å². The lowest BCUT2D eigenvalue weighted by Crippen LogP contribution is -2.57. The molecule has 5 heterocycles. The lowest BCUT2D eigenvalue weighted by molar-refractivity contribution is 0.0122. The number of anilines is 1. The van der Waals surface area contributed by atoms with E-state index in [-0.39, 0.29) is 54.2 Å². The highest BCUT2D eigenvalue weighted by Gasteiger charge is 2.45. The van der Waals surface area contributed by atoms with Crippen LogP contribution in [0.4, 0.5) is 19.8 Å². The molecule has 1 aromatic carbocycles. The molecule has 0 spiro atoms. The Balaban J connectivity index is 1.08. The maximum absolute atomic E-state index is 15.2. The third-order valence-electron chi connectivity index (χ3n) is 8.46. The van der Waals surface area contributed by atoms with E-state index in [0.717, 1.165) is 18.4 Å². The summed E-state index contributed by atoms with van der Waals surface area (Å²) >= 11 is 6.03. The fraction of sp³-hybridized carbons (Fsp3) is 0.531. The van der Waals surface area contributed by atoms with Gasteiger partial charge in [0.25, 0.3) is 0 Å². The summed E-state index contributed by atoms with van der Waals surface area (Å²) in [6, 6.07) is 9.49. The number of benzene rings is 1. The first kappa shape index (κ1) is 32.0.